The number of rotatable bonds is 7. The molecule has 0 bridgehead atoms. The molecule has 5 nitrogen and oxygen atoms in total. The molecular formula is C16H22N2O3. The van der Waals surface area contributed by atoms with E-state index in [0.29, 0.717) is 32.7 Å². The van der Waals surface area contributed by atoms with Crippen LogP contribution in [-0.4, -0.2) is 43.1 Å². The van der Waals surface area contributed by atoms with Crippen LogP contribution in [0.25, 0.3) is 0 Å². The van der Waals surface area contributed by atoms with Crippen molar-refractivity contribution in [1.82, 2.24) is 10.2 Å². The Morgan fingerprint density at radius 3 is 2.62 bits per heavy atom. The third kappa shape index (κ3) is 4.77. The lowest BCUT2D eigenvalue weighted by Gasteiger charge is -2.12. The quantitative estimate of drug-likeness (QED) is 0.832. The van der Waals surface area contributed by atoms with Crippen LogP contribution in [0.2, 0.25) is 0 Å². The van der Waals surface area contributed by atoms with Gasteiger partial charge in [0.1, 0.15) is 6.61 Å². The Labute approximate surface area is 125 Å². The monoisotopic (exact) mass is 290 g/mol. The van der Waals surface area contributed by atoms with E-state index in [4.69, 9.17) is 4.74 Å². The fraction of sp³-hybridized carbons (Fsp3) is 0.500. The lowest BCUT2D eigenvalue weighted by molar-refractivity contribution is -0.121. The van der Waals surface area contributed by atoms with Gasteiger partial charge in [-0.1, -0.05) is 31.2 Å². The molecule has 114 valence electrons. The second kappa shape index (κ2) is 7.67. The van der Waals surface area contributed by atoms with E-state index in [1.807, 2.05) is 0 Å². The molecule has 1 aromatic carbocycles. The Morgan fingerprint density at radius 1 is 1.29 bits per heavy atom. The van der Waals surface area contributed by atoms with Gasteiger partial charge in [-0.25, -0.2) is 4.79 Å². The van der Waals surface area contributed by atoms with Crippen LogP contribution in [0.15, 0.2) is 24.3 Å². The Kier molecular flexibility index (Phi) is 5.60. The third-order valence-electron chi connectivity index (χ3n) is 3.62. The Balaban J connectivity index is 1.63. The highest BCUT2D eigenvalue weighted by atomic mass is 16.6. The fourth-order valence-corrected chi connectivity index (χ4v) is 2.25. The summed E-state index contributed by atoms with van der Waals surface area (Å²) < 4.78 is 4.82. The fourth-order valence-electron chi connectivity index (χ4n) is 2.25. The van der Waals surface area contributed by atoms with Crippen molar-refractivity contribution in [2.24, 2.45) is 0 Å². The summed E-state index contributed by atoms with van der Waals surface area (Å²) in [6.07, 6.45) is 1.94. The van der Waals surface area contributed by atoms with Crippen LogP contribution in [-0.2, 0) is 22.4 Å². The van der Waals surface area contributed by atoms with Crippen molar-refractivity contribution in [3.05, 3.63) is 35.4 Å². The molecule has 0 aromatic heterocycles. The number of carbonyl (C=O) groups excluding carboxylic acids is 2. The van der Waals surface area contributed by atoms with Gasteiger partial charge >= 0.3 is 6.09 Å². The second-order valence-electron chi connectivity index (χ2n) is 5.12. The van der Waals surface area contributed by atoms with Crippen molar-refractivity contribution in [3.8, 4) is 0 Å². The minimum absolute atomic E-state index is 0.0159. The first kappa shape index (κ1) is 15.4. The van der Waals surface area contributed by atoms with Gasteiger partial charge in [0.15, 0.2) is 0 Å². The van der Waals surface area contributed by atoms with Crippen molar-refractivity contribution in [3.63, 3.8) is 0 Å². The first-order valence-corrected chi connectivity index (χ1v) is 7.45. The van der Waals surface area contributed by atoms with Gasteiger partial charge < -0.3 is 15.0 Å². The summed E-state index contributed by atoms with van der Waals surface area (Å²) in [5, 5.41) is 2.83. The molecule has 1 aliphatic heterocycles. The van der Waals surface area contributed by atoms with Crippen LogP contribution in [0.5, 0.6) is 0 Å². The molecule has 1 N–H and O–H groups in total. The van der Waals surface area contributed by atoms with E-state index in [1.165, 1.54) is 11.1 Å². The molecule has 1 aromatic rings. The maximum atomic E-state index is 11.7. The van der Waals surface area contributed by atoms with Crippen LogP contribution >= 0.6 is 0 Å². The van der Waals surface area contributed by atoms with E-state index >= 15 is 0 Å². The summed E-state index contributed by atoms with van der Waals surface area (Å²) >= 11 is 0. The molecule has 2 amide bonds. The Hall–Kier alpha value is -2.04. The molecule has 1 saturated heterocycles. The van der Waals surface area contributed by atoms with Gasteiger partial charge in [0, 0.05) is 19.5 Å². The van der Waals surface area contributed by atoms with Gasteiger partial charge in [0.05, 0.1) is 6.54 Å². The molecule has 0 unspecified atom stereocenters. The SMILES string of the molecule is CCc1ccc(CCC(=O)NCCN2CCOC2=O)cc1. The lowest BCUT2D eigenvalue weighted by atomic mass is 10.1. The van der Waals surface area contributed by atoms with Gasteiger partial charge in [-0.2, -0.15) is 0 Å². The number of aryl methyl sites for hydroxylation is 2. The van der Waals surface area contributed by atoms with Crippen LogP contribution < -0.4 is 5.32 Å². The number of carbonyl (C=O) groups is 2. The summed E-state index contributed by atoms with van der Waals surface area (Å²) in [5.74, 6) is 0.0159. The Morgan fingerprint density at radius 2 is 2.00 bits per heavy atom. The van der Waals surface area contributed by atoms with E-state index in [0.717, 1.165) is 12.8 Å². The van der Waals surface area contributed by atoms with E-state index < -0.39 is 0 Å². The zero-order chi connectivity index (χ0) is 15.1. The number of amides is 2. The number of hydrogen-bond donors (Lipinski definition) is 1. The normalized spacial score (nSPS) is 14.1. The zero-order valence-corrected chi connectivity index (χ0v) is 12.4. The largest absolute Gasteiger partial charge is 0.448 e. The number of hydrogen-bond acceptors (Lipinski definition) is 3. The molecule has 0 radical (unpaired) electrons. The van der Waals surface area contributed by atoms with Crippen molar-refractivity contribution >= 4 is 12.0 Å². The van der Waals surface area contributed by atoms with E-state index in [-0.39, 0.29) is 12.0 Å². The third-order valence-corrected chi connectivity index (χ3v) is 3.62. The second-order valence-corrected chi connectivity index (χ2v) is 5.12. The maximum Gasteiger partial charge on any atom is 0.409 e. The van der Waals surface area contributed by atoms with Gasteiger partial charge in [-0.3, -0.25) is 4.79 Å². The smallest absolute Gasteiger partial charge is 0.409 e. The van der Waals surface area contributed by atoms with Crippen molar-refractivity contribution in [2.75, 3.05) is 26.2 Å². The predicted molar refractivity (Wildman–Crippen MR) is 80.1 cm³/mol. The van der Waals surface area contributed by atoms with E-state index in [1.54, 1.807) is 4.90 Å². The predicted octanol–water partition coefficient (Wildman–Crippen LogP) is 1.75. The topological polar surface area (TPSA) is 58.6 Å². The van der Waals surface area contributed by atoms with Gasteiger partial charge in [-0.05, 0) is 24.0 Å². The average Bonchev–Trinajstić information content (AvgIpc) is 2.91. The number of benzene rings is 1. The molecule has 0 atom stereocenters. The van der Waals surface area contributed by atoms with Crippen molar-refractivity contribution in [2.45, 2.75) is 26.2 Å². The molecule has 0 spiro atoms. The summed E-state index contributed by atoms with van der Waals surface area (Å²) in [5.41, 5.74) is 2.48. The number of nitrogens with one attached hydrogen (secondary N) is 1. The summed E-state index contributed by atoms with van der Waals surface area (Å²) in [7, 11) is 0. The summed E-state index contributed by atoms with van der Waals surface area (Å²) in [4.78, 5) is 24.6. The van der Waals surface area contributed by atoms with Crippen molar-refractivity contribution in [1.29, 1.82) is 0 Å². The first-order valence-electron chi connectivity index (χ1n) is 7.45. The molecule has 2 rings (SSSR count). The first-order chi connectivity index (χ1) is 10.2. The zero-order valence-electron chi connectivity index (χ0n) is 12.4. The minimum atomic E-state index is -0.291. The standard InChI is InChI=1S/C16H22N2O3/c1-2-13-3-5-14(6-4-13)7-8-15(19)17-9-10-18-11-12-21-16(18)20/h3-6H,2,7-12H2,1H3,(H,17,19). The van der Waals surface area contributed by atoms with Gasteiger partial charge in [-0.15, -0.1) is 0 Å². The molecule has 0 aliphatic carbocycles. The minimum Gasteiger partial charge on any atom is -0.448 e. The van der Waals surface area contributed by atoms with E-state index in [9.17, 15) is 9.59 Å². The summed E-state index contributed by atoms with van der Waals surface area (Å²) in [6, 6.07) is 8.36. The lowest BCUT2D eigenvalue weighted by Crippen LogP contribution is -2.35. The van der Waals surface area contributed by atoms with Crippen LogP contribution in [0.4, 0.5) is 4.79 Å². The highest BCUT2D eigenvalue weighted by Gasteiger charge is 2.20. The molecular weight excluding hydrogens is 268 g/mol. The molecule has 5 heteroatoms. The maximum absolute atomic E-state index is 11.7. The highest BCUT2D eigenvalue weighted by Crippen LogP contribution is 2.07. The van der Waals surface area contributed by atoms with Crippen LogP contribution in [0.3, 0.4) is 0 Å². The number of nitrogens with zero attached hydrogens (tertiary/aromatic N) is 1. The van der Waals surface area contributed by atoms with Crippen LogP contribution in [0.1, 0.15) is 24.5 Å². The van der Waals surface area contributed by atoms with E-state index in [2.05, 4.69) is 36.5 Å². The van der Waals surface area contributed by atoms with Crippen LogP contribution in [0, 0.1) is 0 Å². The van der Waals surface area contributed by atoms with Gasteiger partial charge in [0.25, 0.3) is 0 Å². The number of ether oxygens (including phenoxy) is 1. The molecule has 1 aliphatic rings. The molecule has 0 saturated carbocycles. The van der Waals surface area contributed by atoms with Gasteiger partial charge in [0.2, 0.25) is 5.91 Å². The molecule has 1 heterocycles. The molecule has 21 heavy (non-hydrogen) atoms. The average molecular weight is 290 g/mol. The Bertz CT molecular complexity index is 485. The van der Waals surface area contributed by atoms with Crippen molar-refractivity contribution < 1.29 is 14.3 Å². The molecule has 1 fully saturated rings. The highest BCUT2D eigenvalue weighted by molar-refractivity contribution is 5.76. The summed E-state index contributed by atoms with van der Waals surface area (Å²) in [6.45, 7) is 4.16. The number of cyclic esters (lactones) is 1.